The molecule has 0 aromatic heterocycles. The number of likely N-dealkylation sites (N-methyl/N-ethyl adjacent to an activating group) is 1. The highest BCUT2D eigenvalue weighted by Gasteiger charge is 2.25. The molecule has 1 atom stereocenters. The van der Waals surface area contributed by atoms with E-state index in [9.17, 15) is 4.79 Å². The number of carbonyl (C=O) groups is 1. The summed E-state index contributed by atoms with van der Waals surface area (Å²) < 4.78 is 0. The van der Waals surface area contributed by atoms with Crippen molar-refractivity contribution in [3.05, 3.63) is 0 Å². The van der Waals surface area contributed by atoms with Crippen molar-refractivity contribution in [2.45, 2.75) is 58.5 Å². The van der Waals surface area contributed by atoms with Crippen molar-refractivity contribution in [3.8, 4) is 0 Å². The van der Waals surface area contributed by atoms with Gasteiger partial charge in [-0.3, -0.25) is 4.79 Å². The van der Waals surface area contributed by atoms with E-state index in [1.807, 2.05) is 0 Å². The predicted octanol–water partition coefficient (Wildman–Crippen LogP) is 1.35. The van der Waals surface area contributed by atoms with Crippen LogP contribution < -0.4 is 11.1 Å². The summed E-state index contributed by atoms with van der Waals surface area (Å²) in [5.41, 5.74) is 5.86. The highest BCUT2D eigenvalue weighted by atomic mass is 16.1. The van der Waals surface area contributed by atoms with Crippen LogP contribution in [0.15, 0.2) is 0 Å². The molecule has 0 spiro atoms. The molecule has 0 aliphatic heterocycles. The molecule has 1 aliphatic carbocycles. The number of amides is 1. The molecular weight excluding hydrogens is 226 g/mol. The molecule has 1 fully saturated rings. The number of rotatable bonds is 6. The molecule has 0 heterocycles. The third kappa shape index (κ3) is 4.94. The molecule has 1 saturated carbocycles. The number of hydrogen-bond acceptors (Lipinski definition) is 3. The van der Waals surface area contributed by atoms with Crippen LogP contribution in [0.5, 0.6) is 0 Å². The van der Waals surface area contributed by atoms with Gasteiger partial charge in [-0.2, -0.15) is 0 Å². The van der Waals surface area contributed by atoms with Crippen molar-refractivity contribution in [2.24, 2.45) is 11.7 Å². The molecule has 0 saturated heterocycles. The molecule has 0 bridgehead atoms. The summed E-state index contributed by atoms with van der Waals surface area (Å²) in [6.45, 7) is 9.40. The molecule has 0 radical (unpaired) electrons. The minimum absolute atomic E-state index is 0.184. The second-order valence-electron chi connectivity index (χ2n) is 5.51. The van der Waals surface area contributed by atoms with Crippen molar-refractivity contribution in [1.82, 2.24) is 10.2 Å². The molecular formula is C14H29N3O. The van der Waals surface area contributed by atoms with E-state index in [0.717, 1.165) is 45.3 Å². The first kappa shape index (κ1) is 15.4. The van der Waals surface area contributed by atoms with Gasteiger partial charge in [0.05, 0.1) is 0 Å². The Morgan fingerprint density at radius 3 is 2.33 bits per heavy atom. The average molecular weight is 255 g/mol. The second-order valence-corrected chi connectivity index (χ2v) is 5.51. The van der Waals surface area contributed by atoms with Crippen LogP contribution in [0, 0.1) is 5.92 Å². The van der Waals surface area contributed by atoms with Gasteiger partial charge >= 0.3 is 0 Å². The number of nitrogens with one attached hydrogen (secondary N) is 1. The van der Waals surface area contributed by atoms with Crippen LogP contribution in [0.2, 0.25) is 0 Å². The van der Waals surface area contributed by atoms with Gasteiger partial charge in [0.1, 0.15) is 0 Å². The Labute approximate surface area is 111 Å². The molecule has 0 aromatic carbocycles. The topological polar surface area (TPSA) is 58.4 Å². The third-order valence-electron chi connectivity index (χ3n) is 3.96. The molecule has 1 rings (SSSR count). The molecule has 106 valence electrons. The third-order valence-corrected chi connectivity index (χ3v) is 3.96. The Morgan fingerprint density at radius 2 is 1.83 bits per heavy atom. The van der Waals surface area contributed by atoms with Crippen molar-refractivity contribution >= 4 is 5.91 Å². The van der Waals surface area contributed by atoms with E-state index in [1.165, 1.54) is 0 Å². The van der Waals surface area contributed by atoms with Gasteiger partial charge in [-0.15, -0.1) is 0 Å². The predicted molar refractivity (Wildman–Crippen MR) is 75.3 cm³/mol. The van der Waals surface area contributed by atoms with Crippen molar-refractivity contribution in [1.29, 1.82) is 0 Å². The zero-order valence-electron chi connectivity index (χ0n) is 12.1. The number of hydrogen-bond donors (Lipinski definition) is 2. The van der Waals surface area contributed by atoms with E-state index >= 15 is 0 Å². The summed E-state index contributed by atoms with van der Waals surface area (Å²) >= 11 is 0. The summed E-state index contributed by atoms with van der Waals surface area (Å²) in [5, 5.41) is 3.14. The van der Waals surface area contributed by atoms with E-state index in [4.69, 9.17) is 5.73 Å². The maximum Gasteiger partial charge on any atom is 0.223 e. The zero-order valence-corrected chi connectivity index (χ0v) is 12.1. The first-order valence-corrected chi connectivity index (χ1v) is 7.35. The van der Waals surface area contributed by atoms with E-state index in [2.05, 4.69) is 31.0 Å². The lowest BCUT2D eigenvalue weighted by molar-refractivity contribution is -0.126. The fraction of sp³-hybridized carbons (Fsp3) is 0.929. The zero-order chi connectivity index (χ0) is 13.5. The lowest BCUT2D eigenvalue weighted by Gasteiger charge is -2.28. The first-order chi connectivity index (χ1) is 8.56. The Kier molecular flexibility index (Phi) is 6.65. The summed E-state index contributed by atoms with van der Waals surface area (Å²) in [7, 11) is 0. The van der Waals surface area contributed by atoms with Gasteiger partial charge in [0.2, 0.25) is 5.91 Å². The highest BCUT2D eigenvalue weighted by molar-refractivity contribution is 5.79. The molecule has 3 N–H and O–H groups in total. The minimum atomic E-state index is 0.184. The van der Waals surface area contributed by atoms with Crippen LogP contribution in [0.1, 0.15) is 46.5 Å². The second kappa shape index (κ2) is 7.74. The summed E-state index contributed by atoms with van der Waals surface area (Å²) in [4.78, 5) is 14.4. The van der Waals surface area contributed by atoms with Gasteiger partial charge < -0.3 is 16.0 Å². The van der Waals surface area contributed by atoms with Crippen molar-refractivity contribution in [3.63, 3.8) is 0 Å². The lowest BCUT2D eigenvalue weighted by Crippen LogP contribution is -2.45. The maximum absolute atomic E-state index is 12.1. The van der Waals surface area contributed by atoms with Gasteiger partial charge in [0, 0.05) is 24.5 Å². The number of nitrogens with zero attached hydrogens (tertiary/aromatic N) is 1. The standard InChI is InChI=1S/C14H29N3O/c1-4-17(5-2)10-11(3)16-14(18)12-6-8-13(15)9-7-12/h11-13H,4-10,15H2,1-3H3,(H,16,18). The Balaban J connectivity index is 2.30. The van der Waals surface area contributed by atoms with Gasteiger partial charge in [0.25, 0.3) is 0 Å². The van der Waals surface area contributed by atoms with Crippen molar-refractivity contribution in [2.75, 3.05) is 19.6 Å². The van der Waals surface area contributed by atoms with Crippen LogP contribution >= 0.6 is 0 Å². The average Bonchev–Trinajstić information content (AvgIpc) is 2.36. The van der Waals surface area contributed by atoms with Gasteiger partial charge in [0.15, 0.2) is 0 Å². The number of nitrogens with two attached hydrogens (primary N) is 1. The number of carbonyl (C=O) groups excluding carboxylic acids is 1. The fourth-order valence-electron chi connectivity index (χ4n) is 2.66. The Hall–Kier alpha value is -0.610. The molecule has 1 amide bonds. The molecule has 18 heavy (non-hydrogen) atoms. The normalized spacial score (nSPS) is 26.1. The Morgan fingerprint density at radius 1 is 1.28 bits per heavy atom. The van der Waals surface area contributed by atoms with Gasteiger partial charge in [-0.1, -0.05) is 13.8 Å². The fourth-order valence-corrected chi connectivity index (χ4v) is 2.66. The summed E-state index contributed by atoms with van der Waals surface area (Å²) in [6.07, 6.45) is 3.88. The quantitative estimate of drug-likeness (QED) is 0.753. The van der Waals surface area contributed by atoms with Crippen LogP contribution in [-0.2, 0) is 4.79 Å². The van der Waals surface area contributed by atoms with E-state index < -0.39 is 0 Å². The Bertz CT molecular complexity index is 245. The maximum atomic E-state index is 12.1. The molecule has 4 nitrogen and oxygen atoms in total. The van der Waals surface area contributed by atoms with Gasteiger partial charge in [-0.05, 0) is 45.7 Å². The highest BCUT2D eigenvalue weighted by Crippen LogP contribution is 2.23. The molecule has 1 unspecified atom stereocenters. The monoisotopic (exact) mass is 255 g/mol. The van der Waals surface area contributed by atoms with Crippen LogP contribution in [0.3, 0.4) is 0 Å². The SMILES string of the molecule is CCN(CC)CC(C)NC(=O)C1CCC(N)CC1. The van der Waals surface area contributed by atoms with E-state index in [-0.39, 0.29) is 17.9 Å². The van der Waals surface area contributed by atoms with Crippen LogP contribution in [0.4, 0.5) is 0 Å². The van der Waals surface area contributed by atoms with Crippen LogP contribution in [-0.4, -0.2) is 42.5 Å². The molecule has 1 aliphatic rings. The lowest BCUT2D eigenvalue weighted by atomic mass is 9.86. The molecule has 4 heteroatoms. The minimum Gasteiger partial charge on any atom is -0.352 e. The van der Waals surface area contributed by atoms with Crippen LogP contribution in [0.25, 0.3) is 0 Å². The first-order valence-electron chi connectivity index (χ1n) is 7.35. The summed E-state index contributed by atoms with van der Waals surface area (Å²) in [6, 6.07) is 0.537. The largest absolute Gasteiger partial charge is 0.352 e. The smallest absolute Gasteiger partial charge is 0.223 e. The summed E-state index contributed by atoms with van der Waals surface area (Å²) in [5.74, 6) is 0.408. The van der Waals surface area contributed by atoms with E-state index in [1.54, 1.807) is 0 Å². The molecule has 0 aromatic rings. The van der Waals surface area contributed by atoms with Gasteiger partial charge in [-0.25, -0.2) is 0 Å². The van der Waals surface area contributed by atoms with Crippen molar-refractivity contribution < 1.29 is 4.79 Å². The van der Waals surface area contributed by atoms with E-state index in [0.29, 0.717) is 6.04 Å².